The number of hydrogen-bond acceptors (Lipinski definition) is 5. The lowest BCUT2D eigenvalue weighted by atomic mass is 10.2. The second-order valence-electron chi connectivity index (χ2n) is 2.91. The zero-order valence-corrected chi connectivity index (χ0v) is 8.32. The molecule has 0 fully saturated rings. The highest BCUT2D eigenvalue weighted by molar-refractivity contribution is 5.19. The van der Waals surface area contributed by atoms with Gasteiger partial charge in [-0.2, -0.15) is 18.2 Å². The van der Waals surface area contributed by atoms with Crippen LogP contribution in [0.1, 0.15) is 17.6 Å². The number of methoxy groups -OCH3 is 1. The van der Waals surface area contributed by atoms with Crippen LogP contribution in [0.2, 0.25) is 0 Å². The average molecular weight is 237 g/mol. The zero-order valence-electron chi connectivity index (χ0n) is 8.32. The maximum atomic E-state index is 12.4. The van der Waals surface area contributed by atoms with Crippen LogP contribution >= 0.6 is 0 Å². The van der Waals surface area contributed by atoms with Gasteiger partial charge in [-0.05, 0) is 0 Å². The van der Waals surface area contributed by atoms with Gasteiger partial charge >= 0.3 is 6.18 Å². The normalized spacial score (nSPS) is 13.6. The van der Waals surface area contributed by atoms with Crippen LogP contribution in [0.25, 0.3) is 0 Å². The minimum Gasteiger partial charge on any atom is -0.481 e. The molecule has 0 spiro atoms. The number of halogens is 3. The van der Waals surface area contributed by atoms with Gasteiger partial charge in [0.15, 0.2) is 0 Å². The Morgan fingerprint density at radius 3 is 2.56 bits per heavy atom. The van der Waals surface area contributed by atoms with Gasteiger partial charge in [0.25, 0.3) is 0 Å². The predicted molar refractivity (Wildman–Crippen MR) is 47.6 cm³/mol. The van der Waals surface area contributed by atoms with Gasteiger partial charge in [0, 0.05) is 12.6 Å². The molecule has 3 N–H and O–H groups in total. The molecule has 1 aromatic rings. The zero-order chi connectivity index (χ0) is 12.3. The monoisotopic (exact) mass is 237 g/mol. The summed E-state index contributed by atoms with van der Waals surface area (Å²) in [4.78, 5) is 6.31. The van der Waals surface area contributed by atoms with E-state index in [0.717, 1.165) is 6.07 Å². The van der Waals surface area contributed by atoms with E-state index >= 15 is 0 Å². The molecule has 1 rings (SSSR count). The van der Waals surface area contributed by atoms with Gasteiger partial charge in [-0.3, -0.25) is 0 Å². The molecule has 1 heterocycles. The van der Waals surface area contributed by atoms with E-state index in [-0.39, 0.29) is 18.1 Å². The van der Waals surface area contributed by atoms with Crippen LogP contribution in [0.4, 0.5) is 13.2 Å². The molecule has 0 saturated carbocycles. The fraction of sp³-hybridized carbons (Fsp3) is 0.500. The number of aliphatic hydroxyl groups is 1. The van der Waals surface area contributed by atoms with Gasteiger partial charge in [0.2, 0.25) is 11.7 Å². The molecule has 16 heavy (non-hydrogen) atoms. The molecule has 1 atom stereocenters. The van der Waals surface area contributed by atoms with Crippen molar-refractivity contribution in [1.29, 1.82) is 0 Å². The minimum absolute atomic E-state index is 0.221. The standard InChI is InChI=1S/C8H10F3N3O2/c1-16-6-2-4(5(15)3-12)13-7(14-6)8(9,10)11/h2,5,15H,3,12H2,1H3. The van der Waals surface area contributed by atoms with Crippen molar-refractivity contribution in [2.75, 3.05) is 13.7 Å². The molecule has 0 amide bonds. The molecule has 0 aliphatic carbocycles. The maximum Gasteiger partial charge on any atom is 0.451 e. The molecule has 0 aliphatic rings. The summed E-state index contributed by atoms with van der Waals surface area (Å²) in [5, 5.41) is 9.30. The SMILES string of the molecule is COc1cc(C(O)CN)nc(C(F)(F)F)n1. The Morgan fingerprint density at radius 1 is 1.50 bits per heavy atom. The Morgan fingerprint density at radius 2 is 2.12 bits per heavy atom. The van der Waals surface area contributed by atoms with Gasteiger partial charge in [0.05, 0.1) is 12.8 Å². The topological polar surface area (TPSA) is 81.3 Å². The van der Waals surface area contributed by atoms with Crippen molar-refractivity contribution in [3.05, 3.63) is 17.6 Å². The molecule has 1 unspecified atom stereocenters. The average Bonchev–Trinajstić information content (AvgIpc) is 2.26. The number of nitrogens with zero attached hydrogens (tertiary/aromatic N) is 2. The number of ether oxygens (including phenoxy) is 1. The number of aromatic nitrogens is 2. The van der Waals surface area contributed by atoms with Crippen LogP contribution in [-0.4, -0.2) is 28.7 Å². The van der Waals surface area contributed by atoms with Crippen LogP contribution in [0.3, 0.4) is 0 Å². The fourth-order valence-corrected chi connectivity index (χ4v) is 0.966. The van der Waals surface area contributed by atoms with Gasteiger partial charge in [-0.1, -0.05) is 0 Å². The molecule has 90 valence electrons. The van der Waals surface area contributed by atoms with Gasteiger partial charge in [-0.15, -0.1) is 0 Å². The number of alkyl halides is 3. The van der Waals surface area contributed by atoms with Crippen molar-refractivity contribution in [3.63, 3.8) is 0 Å². The fourth-order valence-electron chi connectivity index (χ4n) is 0.966. The van der Waals surface area contributed by atoms with E-state index in [1.165, 1.54) is 7.11 Å². The number of rotatable bonds is 3. The maximum absolute atomic E-state index is 12.4. The van der Waals surface area contributed by atoms with Gasteiger partial charge in [-0.25, -0.2) is 4.98 Å². The molecule has 1 aromatic heterocycles. The van der Waals surface area contributed by atoms with Crippen molar-refractivity contribution in [2.45, 2.75) is 12.3 Å². The summed E-state index contributed by atoms with van der Waals surface area (Å²) < 4.78 is 41.7. The lowest BCUT2D eigenvalue weighted by Gasteiger charge is -2.12. The summed E-state index contributed by atoms with van der Waals surface area (Å²) in [7, 11) is 1.17. The summed E-state index contributed by atoms with van der Waals surface area (Å²) in [6.45, 7) is -0.239. The third-order valence-electron chi connectivity index (χ3n) is 1.75. The van der Waals surface area contributed by atoms with E-state index in [1.54, 1.807) is 0 Å². The molecular formula is C8H10F3N3O2. The van der Waals surface area contributed by atoms with Crippen LogP contribution in [0.5, 0.6) is 5.88 Å². The highest BCUT2D eigenvalue weighted by atomic mass is 19.4. The molecule has 0 radical (unpaired) electrons. The summed E-state index contributed by atoms with van der Waals surface area (Å²) in [6.07, 6.45) is -5.98. The van der Waals surface area contributed by atoms with Crippen LogP contribution in [-0.2, 0) is 6.18 Å². The number of nitrogens with two attached hydrogens (primary N) is 1. The van der Waals surface area contributed by atoms with Crippen LogP contribution < -0.4 is 10.5 Å². The van der Waals surface area contributed by atoms with Crippen LogP contribution in [0, 0.1) is 0 Å². The van der Waals surface area contributed by atoms with Crippen molar-refractivity contribution in [1.82, 2.24) is 9.97 Å². The summed E-state index contributed by atoms with van der Waals surface area (Å²) >= 11 is 0. The molecule has 8 heteroatoms. The third-order valence-corrected chi connectivity index (χ3v) is 1.75. The number of aliphatic hydroxyl groups excluding tert-OH is 1. The Labute approximate surface area is 89.1 Å². The largest absolute Gasteiger partial charge is 0.481 e. The second-order valence-corrected chi connectivity index (χ2v) is 2.91. The van der Waals surface area contributed by atoms with Gasteiger partial charge < -0.3 is 15.6 Å². The van der Waals surface area contributed by atoms with E-state index < -0.39 is 18.1 Å². The quantitative estimate of drug-likeness (QED) is 0.799. The predicted octanol–water partition coefficient (Wildman–Crippen LogP) is 0.496. The lowest BCUT2D eigenvalue weighted by molar-refractivity contribution is -0.145. The van der Waals surface area contributed by atoms with Gasteiger partial charge in [0.1, 0.15) is 6.10 Å². The Hall–Kier alpha value is -1.41. The molecule has 0 bridgehead atoms. The first-order valence-electron chi connectivity index (χ1n) is 4.26. The molecule has 0 saturated heterocycles. The highest BCUT2D eigenvalue weighted by Crippen LogP contribution is 2.28. The van der Waals surface area contributed by atoms with Crippen molar-refractivity contribution >= 4 is 0 Å². The number of hydrogen-bond donors (Lipinski definition) is 2. The Kier molecular flexibility index (Phi) is 3.66. The van der Waals surface area contributed by atoms with Crippen LogP contribution in [0.15, 0.2) is 6.07 Å². The summed E-state index contributed by atoms with van der Waals surface area (Å²) in [5.74, 6) is -1.64. The van der Waals surface area contributed by atoms with Crippen molar-refractivity contribution in [2.24, 2.45) is 5.73 Å². The van der Waals surface area contributed by atoms with Crippen molar-refractivity contribution in [3.8, 4) is 5.88 Å². The van der Waals surface area contributed by atoms with E-state index in [4.69, 9.17) is 5.73 Å². The molecule has 5 nitrogen and oxygen atoms in total. The van der Waals surface area contributed by atoms with Crippen molar-refractivity contribution < 1.29 is 23.0 Å². The lowest BCUT2D eigenvalue weighted by Crippen LogP contribution is -2.18. The molecule has 0 aliphatic heterocycles. The molecule has 0 aromatic carbocycles. The second kappa shape index (κ2) is 4.62. The summed E-state index contributed by atoms with van der Waals surface area (Å²) in [5.41, 5.74) is 4.90. The minimum atomic E-state index is -4.70. The Bertz CT molecular complexity index is 370. The smallest absolute Gasteiger partial charge is 0.451 e. The third kappa shape index (κ3) is 2.80. The highest BCUT2D eigenvalue weighted by Gasteiger charge is 2.36. The van der Waals surface area contributed by atoms with E-state index in [1.807, 2.05) is 0 Å². The van der Waals surface area contributed by atoms with E-state index in [2.05, 4.69) is 14.7 Å². The molecular weight excluding hydrogens is 227 g/mol. The first-order chi connectivity index (χ1) is 7.38. The summed E-state index contributed by atoms with van der Waals surface area (Å²) in [6, 6.07) is 1.10. The first kappa shape index (κ1) is 12.7. The Balaban J connectivity index is 3.21. The van der Waals surface area contributed by atoms with E-state index in [0.29, 0.717) is 0 Å². The van der Waals surface area contributed by atoms with E-state index in [9.17, 15) is 18.3 Å². The first-order valence-corrected chi connectivity index (χ1v) is 4.26.